The molecule has 0 aliphatic heterocycles. The lowest BCUT2D eigenvalue weighted by molar-refractivity contribution is 0.121. The molecule has 1 aromatic rings. The van der Waals surface area contributed by atoms with Crippen molar-refractivity contribution in [3.8, 4) is 11.5 Å². The highest BCUT2D eigenvalue weighted by atomic mass is 16.5. The Morgan fingerprint density at radius 2 is 1.94 bits per heavy atom. The van der Waals surface area contributed by atoms with Crippen molar-refractivity contribution < 1.29 is 14.2 Å². The highest BCUT2D eigenvalue weighted by Crippen LogP contribution is 2.18. The Balaban J connectivity index is 2.03. The third-order valence-electron chi connectivity index (χ3n) is 2.42. The van der Waals surface area contributed by atoms with Crippen LogP contribution in [0.25, 0.3) is 0 Å². The van der Waals surface area contributed by atoms with Gasteiger partial charge in [0.2, 0.25) is 0 Å². The molecule has 0 fully saturated rings. The lowest BCUT2D eigenvalue weighted by Crippen LogP contribution is -2.19. The third kappa shape index (κ3) is 6.47. The van der Waals surface area contributed by atoms with Crippen molar-refractivity contribution in [2.24, 2.45) is 0 Å². The number of likely N-dealkylation sites (N-methyl/N-ethyl adjacent to an activating group) is 1. The van der Waals surface area contributed by atoms with Crippen LogP contribution >= 0.6 is 0 Å². The van der Waals surface area contributed by atoms with E-state index >= 15 is 0 Å². The molecule has 0 radical (unpaired) electrons. The summed E-state index contributed by atoms with van der Waals surface area (Å²) in [6.45, 7) is 6.13. The lowest BCUT2D eigenvalue weighted by atomic mass is 10.3. The maximum absolute atomic E-state index is 5.60. The molecule has 1 rings (SSSR count). The summed E-state index contributed by atoms with van der Waals surface area (Å²) in [6.07, 6.45) is 0.892. The normalized spacial score (nSPS) is 10.3. The standard InChI is InChI=1S/C14H23NO3/c1-3-15-8-11-17-9-5-10-18-14-7-4-6-13(12-14)16-2/h4,6-7,12,15H,3,5,8-11H2,1-2H3. The quantitative estimate of drug-likeness (QED) is 0.648. The molecule has 0 saturated carbocycles. The second kappa shape index (κ2) is 9.74. The Morgan fingerprint density at radius 3 is 2.72 bits per heavy atom. The van der Waals surface area contributed by atoms with Gasteiger partial charge >= 0.3 is 0 Å². The molecule has 0 heterocycles. The topological polar surface area (TPSA) is 39.7 Å². The van der Waals surface area contributed by atoms with Gasteiger partial charge in [-0.05, 0) is 18.7 Å². The summed E-state index contributed by atoms with van der Waals surface area (Å²) in [7, 11) is 1.65. The third-order valence-corrected chi connectivity index (χ3v) is 2.42. The van der Waals surface area contributed by atoms with E-state index in [9.17, 15) is 0 Å². The number of rotatable bonds is 10. The van der Waals surface area contributed by atoms with Crippen molar-refractivity contribution in [2.45, 2.75) is 13.3 Å². The molecule has 102 valence electrons. The zero-order chi connectivity index (χ0) is 13.1. The Kier molecular flexibility index (Phi) is 8.01. The van der Waals surface area contributed by atoms with Crippen LogP contribution in [0.4, 0.5) is 0 Å². The second-order valence-electron chi connectivity index (χ2n) is 3.85. The first-order valence-electron chi connectivity index (χ1n) is 6.42. The fraction of sp³-hybridized carbons (Fsp3) is 0.571. The number of hydrogen-bond acceptors (Lipinski definition) is 4. The average molecular weight is 253 g/mol. The molecule has 0 amide bonds. The van der Waals surface area contributed by atoms with Gasteiger partial charge in [-0.25, -0.2) is 0 Å². The van der Waals surface area contributed by atoms with Crippen LogP contribution in [0.15, 0.2) is 24.3 Å². The van der Waals surface area contributed by atoms with Gasteiger partial charge in [0.25, 0.3) is 0 Å². The highest BCUT2D eigenvalue weighted by molar-refractivity contribution is 5.32. The summed E-state index contributed by atoms with van der Waals surface area (Å²) in [4.78, 5) is 0. The molecule has 18 heavy (non-hydrogen) atoms. The Hall–Kier alpha value is -1.26. The van der Waals surface area contributed by atoms with E-state index in [1.54, 1.807) is 7.11 Å². The first kappa shape index (κ1) is 14.8. The molecule has 0 atom stereocenters. The van der Waals surface area contributed by atoms with E-state index in [4.69, 9.17) is 14.2 Å². The van der Waals surface area contributed by atoms with Gasteiger partial charge in [-0.1, -0.05) is 13.0 Å². The predicted octanol–water partition coefficient (Wildman–Crippen LogP) is 2.09. The molecule has 0 aliphatic carbocycles. The Bertz CT molecular complexity index is 318. The predicted molar refractivity (Wildman–Crippen MR) is 72.5 cm³/mol. The van der Waals surface area contributed by atoms with Crippen molar-refractivity contribution >= 4 is 0 Å². The van der Waals surface area contributed by atoms with Crippen LogP contribution in [0, 0.1) is 0 Å². The molecular weight excluding hydrogens is 230 g/mol. The number of ether oxygens (including phenoxy) is 3. The molecule has 1 N–H and O–H groups in total. The molecule has 4 heteroatoms. The molecular formula is C14H23NO3. The molecule has 0 unspecified atom stereocenters. The van der Waals surface area contributed by atoms with Gasteiger partial charge in [0.15, 0.2) is 0 Å². The first-order valence-corrected chi connectivity index (χ1v) is 6.42. The van der Waals surface area contributed by atoms with Gasteiger partial charge < -0.3 is 19.5 Å². The number of benzene rings is 1. The van der Waals surface area contributed by atoms with E-state index in [2.05, 4.69) is 12.2 Å². The van der Waals surface area contributed by atoms with Crippen LogP contribution in [0.3, 0.4) is 0 Å². The molecule has 1 aromatic carbocycles. The highest BCUT2D eigenvalue weighted by Gasteiger charge is 1.96. The van der Waals surface area contributed by atoms with E-state index in [0.717, 1.165) is 44.2 Å². The molecule has 0 bridgehead atoms. The maximum Gasteiger partial charge on any atom is 0.122 e. The monoisotopic (exact) mass is 253 g/mol. The summed E-state index contributed by atoms with van der Waals surface area (Å²) in [5.41, 5.74) is 0. The van der Waals surface area contributed by atoms with Crippen molar-refractivity contribution in [3.05, 3.63) is 24.3 Å². The van der Waals surface area contributed by atoms with E-state index in [1.807, 2.05) is 24.3 Å². The molecule has 0 spiro atoms. The maximum atomic E-state index is 5.60. The minimum Gasteiger partial charge on any atom is -0.497 e. The number of nitrogens with one attached hydrogen (secondary N) is 1. The molecule has 4 nitrogen and oxygen atoms in total. The van der Waals surface area contributed by atoms with Crippen LogP contribution in [-0.2, 0) is 4.74 Å². The van der Waals surface area contributed by atoms with Gasteiger partial charge in [-0.2, -0.15) is 0 Å². The molecule has 0 aromatic heterocycles. The fourth-order valence-electron chi connectivity index (χ4n) is 1.47. The Labute approximate surface area is 109 Å². The molecule has 0 aliphatic rings. The Morgan fingerprint density at radius 1 is 1.11 bits per heavy atom. The van der Waals surface area contributed by atoms with Crippen LogP contribution in [0.1, 0.15) is 13.3 Å². The van der Waals surface area contributed by atoms with E-state index < -0.39 is 0 Å². The van der Waals surface area contributed by atoms with Gasteiger partial charge in [0, 0.05) is 25.6 Å². The van der Waals surface area contributed by atoms with Gasteiger partial charge in [0.1, 0.15) is 11.5 Å². The second-order valence-corrected chi connectivity index (χ2v) is 3.85. The van der Waals surface area contributed by atoms with Gasteiger partial charge in [-0.15, -0.1) is 0 Å². The van der Waals surface area contributed by atoms with Crippen molar-refractivity contribution in [2.75, 3.05) is 40.0 Å². The van der Waals surface area contributed by atoms with E-state index in [0.29, 0.717) is 6.61 Å². The first-order chi connectivity index (χ1) is 8.86. The van der Waals surface area contributed by atoms with Crippen molar-refractivity contribution in [1.29, 1.82) is 0 Å². The van der Waals surface area contributed by atoms with Crippen LogP contribution in [-0.4, -0.2) is 40.0 Å². The largest absolute Gasteiger partial charge is 0.497 e. The van der Waals surface area contributed by atoms with Crippen LogP contribution in [0.2, 0.25) is 0 Å². The minimum absolute atomic E-state index is 0.661. The van der Waals surface area contributed by atoms with Crippen LogP contribution in [0.5, 0.6) is 11.5 Å². The van der Waals surface area contributed by atoms with Crippen molar-refractivity contribution in [1.82, 2.24) is 5.32 Å². The van der Waals surface area contributed by atoms with Gasteiger partial charge in [-0.3, -0.25) is 0 Å². The van der Waals surface area contributed by atoms with Crippen LogP contribution < -0.4 is 14.8 Å². The number of hydrogen-bond donors (Lipinski definition) is 1. The zero-order valence-electron chi connectivity index (χ0n) is 11.3. The summed E-state index contributed by atoms with van der Waals surface area (Å²) in [5.74, 6) is 1.65. The minimum atomic E-state index is 0.661. The molecule has 0 saturated heterocycles. The van der Waals surface area contributed by atoms with E-state index in [1.165, 1.54) is 0 Å². The smallest absolute Gasteiger partial charge is 0.122 e. The average Bonchev–Trinajstić information content (AvgIpc) is 2.42. The summed E-state index contributed by atoms with van der Waals surface area (Å²) in [5, 5.41) is 3.21. The fourth-order valence-corrected chi connectivity index (χ4v) is 1.47. The summed E-state index contributed by atoms with van der Waals surface area (Å²) >= 11 is 0. The van der Waals surface area contributed by atoms with E-state index in [-0.39, 0.29) is 0 Å². The lowest BCUT2D eigenvalue weighted by Gasteiger charge is -2.08. The van der Waals surface area contributed by atoms with Crippen molar-refractivity contribution in [3.63, 3.8) is 0 Å². The summed E-state index contributed by atoms with van der Waals surface area (Å²) in [6, 6.07) is 7.62. The van der Waals surface area contributed by atoms with Gasteiger partial charge in [0.05, 0.1) is 20.3 Å². The SMILES string of the molecule is CCNCCOCCCOc1cccc(OC)c1. The summed E-state index contributed by atoms with van der Waals surface area (Å²) < 4.78 is 16.2. The zero-order valence-corrected chi connectivity index (χ0v) is 11.3. The number of methoxy groups -OCH3 is 1.